The average Bonchev–Trinajstić information content (AvgIpc) is 2.55. The summed E-state index contributed by atoms with van der Waals surface area (Å²) in [5.74, 6) is 2.53. The zero-order valence-electron chi connectivity index (χ0n) is 11.5. The molecule has 104 valence electrons. The zero-order valence-corrected chi connectivity index (χ0v) is 12.4. The molecule has 1 saturated heterocycles. The Morgan fingerprint density at radius 1 is 1.05 bits per heavy atom. The molecular formula is C17H20N2S. The first kappa shape index (κ1) is 13.7. The number of nitrogens with zero attached hydrogens (tertiary/aromatic N) is 1. The summed E-state index contributed by atoms with van der Waals surface area (Å²) in [6.07, 6.45) is 6.35. The summed E-state index contributed by atoms with van der Waals surface area (Å²) in [5.41, 5.74) is 2.62. The SMILES string of the molecule is c1ccc(C(NC2CCCSC2)c2ccncc2)cc1. The number of thioether (sulfide) groups is 1. The van der Waals surface area contributed by atoms with Gasteiger partial charge in [0.05, 0.1) is 6.04 Å². The smallest absolute Gasteiger partial charge is 0.0580 e. The lowest BCUT2D eigenvalue weighted by atomic mass is 9.98. The van der Waals surface area contributed by atoms with E-state index in [2.05, 4.69) is 64.5 Å². The summed E-state index contributed by atoms with van der Waals surface area (Å²) in [4.78, 5) is 4.14. The van der Waals surface area contributed by atoms with Crippen LogP contribution in [0.5, 0.6) is 0 Å². The van der Waals surface area contributed by atoms with Crippen LogP contribution in [0, 0.1) is 0 Å². The van der Waals surface area contributed by atoms with Crippen LogP contribution in [-0.4, -0.2) is 22.5 Å². The number of hydrogen-bond acceptors (Lipinski definition) is 3. The average molecular weight is 284 g/mol. The highest BCUT2D eigenvalue weighted by Gasteiger charge is 2.20. The molecule has 2 aromatic rings. The van der Waals surface area contributed by atoms with Gasteiger partial charge in [-0.05, 0) is 41.9 Å². The largest absolute Gasteiger partial charge is 0.303 e. The van der Waals surface area contributed by atoms with E-state index in [-0.39, 0.29) is 6.04 Å². The molecule has 2 nitrogen and oxygen atoms in total. The Balaban J connectivity index is 1.83. The van der Waals surface area contributed by atoms with Gasteiger partial charge in [-0.25, -0.2) is 0 Å². The molecule has 0 spiro atoms. The Morgan fingerprint density at radius 2 is 1.80 bits per heavy atom. The van der Waals surface area contributed by atoms with Gasteiger partial charge in [0.2, 0.25) is 0 Å². The van der Waals surface area contributed by atoms with Crippen LogP contribution < -0.4 is 5.32 Å². The van der Waals surface area contributed by atoms with E-state index in [1.165, 1.54) is 35.5 Å². The van der Waals surface area contributed by atoms with Crippen LogP contribution in [0.15, 0.2) is 54.9 Å². The summed E-state index contributed by atoms with van der Waals surface area (Å²) in [6, 6.07) is 15.8. The molecule has 3 heteroatoms. The molecule has 1 aromatic heterocycles. The van der Waals surface area contributed by atoms with Crippen molar-refractivity contribution in [2.24, 2.45) is 0 Å². The maximum Gasteiger partial charge on any atom is 0.0580 e. The quantitative estimate of drug-likeness (QED) is 0.927. The molecule has 3 rings (SSSR count). The lowest BCUT2D eigenvalue weighted by molar-refractivity contribution is 0.468. The predicted molar refractivity (Wildman–Crippen MR) is 86.0 cm³/mol. The van der Waals surface area contributed by atoms with E-state index in [9.17, 15) is 0 Å². The summed E-state index contributed by atoms with van der Waals surface area (Å²) in [5, 5.41) is 3.84. The highest BCUT2D eigenvalue weighted by Crippen LogP contribution is 2.25. The van der Waals surface area contributed by atoms with E-state index in [4.69, 9.17) is 0 Å². The molecule has 0 saturated carbocycles. The number of rotatable bonds is 4. The summed E-state index contributed by atoms with van der Waals surface area (Å²) in [6.45, 7) is 0. The van der Waals surface area contributed by atoms with E-state index in [1.807, 2.05) is 12.4 Å². The van der Waals surface area contributed by atoms with Gasteiger partial charge in [0.1, 0.15) is 0 Å². The molecule has 2 atom stereocenters. The molecule has 1 N–H and O–H groups in total. The monoisotopic (exact) mass is 284 g/mol. The zero-order chi connectivity index (χ0) is 13.6. The molecule has 1 aromatic carbocycles. The van der Waals surface area contributed by atoms with Crippen molar-refractivity contribution >= 4 is 11.8 Å². The Bertz CT molecular complexity index is 470. The van der Waals surface area contributed by atoms with Crippen LogP contribution in [-0.2, 0) is 0 Å². The molecule has 0 bridgehead atoms. The Kier molecular flexibility index (Phi) is 4.72. The van der Waals surface area contributed by atoms with Gasteiger partial charge < -0.3 is 5.32 Å². The van der Waals surface area contributed by atoms with Crippen LogP contribution in [0.3, 0.4) is 0 Å². The molecule has 2 heterocycles. The van der Waals surface area contributed by atoms with Gasteiger partial charge in [-0.3, -0.25) is 4.98 Å². The first-order chi connectivity index (χ1) is 9.93. The molecular weight excluding hydrogens is 264 g/mol. The Morgan fingerprint density at radius 3 is 2.50 bits per heavy atom. The summed E-state index contributed by atoms with van der Waals surface area (Å²) in [7, 11) is 0. The van der Waals surface area contributed by atoms with Crippen LogP contribution in [0.1, 0.15) is 30.0 Å². The maximum atomic E-state index is 4.14. The van der Waals surface area contributed by atoms with Crippen LogP contribution in [0.4, 0.5) is 0 Å². The van der Waals surface area contributed by atoms with Crippen LogP contribution in [0.25, 0.3) is 0 Å². The highest BCUT2D eigenvalue weighted by atomic mass is 32.2. The van der Waals surface area contributed by atoms with Crippen molar-refractivity contribution in [3.8, 4) is 0 Å². The van der Waals surface area contributed by atoms with Crippen LogP contribution in [0.2, 0.25) is 0 Å². The molecule has 0 radical (unpaired) electrons. The van der Waals surface area contributed by atoms with Crippen molar-refractivity contribution in [1.82, 2.24) is 10.3 Å². The number of benzene rings is 1. The standard InChI is InChI=1S/C17H20N2S/c1-2-5-14(6-3-1)17(15-8-10-18-11-9-15)19-16-7-4-12-20-13-16/h1-3,5-6,8-11,16-17,19H,4,7,12-13H2. The van der Waals surface area contributed by atoms with Crippen molar-refractivity contribution in [3.05, 3.63) is 66.0 Å². The van der Waals surface area contributed by atoms with Gasteiger partial charge in [0.15, 0.2) is 0 Å². The van der Waals surface area contributed by atoms with Crippen molar-refractivity contribution in [1.29, 1.82) is 0 Å². The van der Waals surface area contributed by atoms with Crippen molar-refractivity contribution in [3.63, 3.8) is 0 Å². The third kappa shape index (κ3) is 3.41. The minimum absolute atomic E-state index is 0.267. The van der Waals surface area contributed by atoms with E-state index in [0.717, 1.165) is 0 Å². The van der Waals surface area contributed by atoms with Crippen molar-refractivity contribution < 1.29 is 0 Å². The van der Waals surface area contributed by atoms with Gasteiger partial charge in [-0.2, -0.15) is 11.8 Å². The third-order valence-electron chi connectivity index (χ3n) is 3.74. The first-order valence-electron chi connectivity index (χ1n) is 7.22. The second-order valence-corrected chi connectivity index (χ2v) is 6.35. The highest BCUT2D eigenvalue weighted by molar-refractivity contribution is 7.99. The second-order valence-electron chi connectivity index (χ2n) is 5.20. The fraction of sp³-hybridized carbons (Fsp3) is 0.353. The molecule has 1 fully saturated rings. The third-order valence-corrected chi connectivity index (χ3v) is 4.95. The summed E-state index contributed by atoms with van der Waals surface area (Å²) < 4.78 is 0. The molecule has 1 aliphatic heterocycles. The van der Waals surface area contributed by atoms with Gasteiger partial charge in [0.25, 0.3) is 0 Å². The number of nitrogens with one attached hydrogen (secondary N) is 1. The number of aromatic nitrogens is 1. The summed E-state index contributed by atoms with van der Waals surface area (Å²) >= 11 is 2.06. The van der Waals surface area contributed by atoms with Crippen molar-refractivity contribution in [2.45, 2.75) is 24.9 Å². The Labute approximate surface area is 125 Å². The Hall–Kier alpha value is -1.32. The molecule has 0 amide bonds. The van der Waals surface area contributed by atoms with Gasteiger partial charge in [0, 0.05) is 24.2 Å². The maximum absolute atomic E-state index is 4.14. The molecule has 1 aliphatic rings. The predicted octanol–water partition coefficient (Wildman–Crippen LogP) is 3.66. The van der Waals surface area contributed by atoms with Gasteiger partial charge >= 0.3 is 0 Å². The minimum Gasteiger partial charge on any atom is -0.303 e. The topological polar surface area (TPSA) is 24.9 Å². The lowest BCUT2D eigenvalue weighted by Crippen LogP contribution is -2.37. The van der Waals surface area contributed by atoms with E-state index in [1.54, 1.807) is 0 Å². The minimum atomic E-state index is 0.267. The molecule has 20 heavy (non-hydrogen) atoms. The number of hydrogen-bond donors (Lipinski definition) is 1. The normalized spacial score (nSPS) is 20.5. The van der Waals surface area contributed by atoms with Crippen molar-refractivity contribution in [2.75, 3.05) is 11.5 Å². The molecule has 0 aliphatic carbocycles. The molecule has 2 unspecified atom stereocenters. The van der Waals surface area contributed by atoms with Crippen LogP contribution >= 0.6 is 11.8 Å². The fourth-order valence-corrected chi connectivity index (χ4v) is 3.78. The second kappa shape index (κ2) is 6.91. The van der Waals surface area contributed by atoms with E-state index < -0.39 is 0 Å². The fourth-order valence-electron chi connectivity index (χ4n) is 2.69. The lowest BCUT2D eigenvalue weighted by Gasteiger charge is -2.29. The van der Waals surface area contributed by atoms with E-state index in [0.29, 0.717) is 6.04 Å². The number of pyridine rings is 1. The van der Waals surface area contributed by atoms with Gasteiger partial charge in [-0.15, -0.1) is 0 Å². The van der Waals surface area contributed by atoms with E-state index >= 15 is 0 Å². The van der Waals surface area contributed by atoms with Gasteiger partial charge in [-0.1, -0.05) is 30.3 Å². The first-order valence-corrected chi connectivity index (χ1v) is 8.37.